The van der Waals surface area contributed by atoms with E-state index in [-0.39, 0.29) is 0 Å². The molecule has 1 heterocycles. The molecule has 0 aromatic rings. The van der Waals surface area contributed by atoms with E-state index in [4.69, 9.17) is 8.85 Å². The van der Waals surface area contributed by atoms with Crippen LogP contribution >= 0.6 is 0 Å². The fraction of sp³-hybridized carbons (Fsp3) is 1.00. The van der Waals surface area contributed by atoms with Crippen molar-refractivity contribution in [2.45, 2.75) is 64.7 Å². The van der Waals surface area contributed by atoms with E-state index < -0.39 is 17.5 Å². The molecule has 0 bridgehead atoms. The first-order valence-corrected chi connectivity index (χ1v) is 12.8. The Morgan fingerprint density at radius 1 is 1.21 bits per heavy atom. The van der Waals surface area contributed by atoms with Gasteiger partial charge in [-0.15, -0.1) is 0 Å². The topological polar surface area (TPSA) is 21.7 Å². The monoisotopic (exact) mass is 303 g/mol. The number of hydrogen-bond acceptors (Lipinski definition) is 3. The molecule has 1 saturated heterocycles. The van der Waals surface area contributed by atoms with Crippen LogP contribution < -0.4 is 0 Å². The van der Waals surface area contributed by atoms with Crippen molar-refractivity contribution in [3.05, 3.63) is 0 Å². The Bertz CT molecular complexity index is 246. The molecule has 3 nitrogen and oxygen atoms in total. The van der Waals surface area contributed by atoms with Crippen LogP contribution in [-0.2, 0) is 8.85 Å². The van der Waals surface area contributed by atoms with E-state index >= 15 is 0 Å². The zero-order valence-corrected chi connectivity index (χ0v) is 15.7. The Balaban J connectivity index is 2.27. The van der Waals surface area contributed by atoms with Crippen molar-refractivity contribution >= 4 is 17.5 Å². The highest BCUT2D eigenvalue weighted by molar-refractivity contribution is 6.75. The molecule has 1 fully saturated rings. The van der Waals surface area contributed by atoms with Gasteiger partial charge in [0, 0.05) is 13.2 Å². The van der Waals surface area contributed by atoms with Crippen molar-refractivity contribution < 1.29 is 8.85 Å². The Labute approximate surface area is 122 Å². The van der Waals surface area contributed by atoms with Crippen LogP contribution in [0.15, 0.2) is 0 Å². The fourth-order valence-corrected chi connectivity index (χ4v) is 7.81. The Morgan fingerprint density at radius 3 is 2.32 bits per heavy atom. The molecule has 1 aliphatic heterocycles. The lowest BCUT2D eigenvalue weighted by atomic mass is 10.2. The summed E-state index contributed by atoms with van der Waals surface area (Å²) in [7, 11) is -2.45. The summed E-state index contributed by atoms with van der Waals surface area (Å²) in [5.74, 6) is 0. The molecule has 1 atom stereocenters. The van der Waals surface area contributed by atoms with Crippen molar-refractivity contribution in [2.24, 2.45) is 0 Å². The SMILES string of the molecule is CCO[SiH](OCC)C(C)CCCN1CCC[Si]1(C)C. The summed E-state index contributed by atoms with van der Waals surface area (Å²) in [6.07, 6.45) is 3.99. The smallest absolute Gasteiger partial charge is 0.324 e. The van der Waals surface area contributed by atoms with Crippen LogP contribution in [0.3, 0.4) is 0 Å². The van der Waals surface area contributed by atoms with Gasteiger partial charge in [-0.2, -0.15) is 0 Å². The number of rotatable bonds is 9. The van der Waals surface area contributed by atoms with Crippen molar-refractivity contribution in [1.82, 2.24) is 4.57 Å². The summed E-state index contributed by atoms with van der Waals surface area (Å²) < 4.78 is 14.4. The quantitative estimate of drug-likeness (QED) is 0.610. The predicted octanol–water partition coefficient (Wildman–Crippen LogP) is 3.36. The van der Waals surface area contributed by atoms with E-state index in [1.165, 1.54) is 38.4 Å². The van der Waals surface area contributed by atoms with Gasteiger partial charge >= 0.3 is 9.28 Å². The second-order valence-electron chi connectivity index (χ2n) is 6.30. The second kappa shape index (κ2) is 8.57. The molecule has 0 aromatic carbocycles. The third-order valence-electron chi connectivity index (χ3n) is 4.29. The minimum absolute atomic E-state index is 0.632. The predicted molar refractivity (Wildman–Crippen MR) is 87.5 cm³/mol. The highest BCUT2D eigenvalue weighted by Gasteiger charge is 2.33. The molecule has 0 N–H and O–H groups in total. The molecule has 0 aromatic heterocycles. The first kappa shape index (κ1) is 17.4. The van der Waals surface area contributed by atoms with Crippen LogP contribution in [0.5, 0.6) is 0 Å². The molecule has 0 saturated carbocycles. The van der Waals surface area contributed by atoms with Gasteiger partial charge in [-0.3, -0.25) is 0 Å². The van der Waals surface area contributed by atoms with E-state index in [2.05, 4.69) is 38.4 Å². The average molecular weight is 304 g/mol. The largest absolute Gasteiger partial charge is 0.397 e. The molecular formula is C14H33NO2Si2. The van der Waals surface area contributed by atoms with Gasteiger partial charge in [0.25, 0.3) is 0 Å². The molecule has 1 aliphatic rings. The zero-order chi connectivity index (χ0) is 14.3. The van der Waals surface area contributed by atoms with Crippen molar-refractivity contribution in [3.8, 4) is 0 Å². The maximum Gasteiger partial charge on any atom is 0.324 e. The first-order valence-electron chi connectivity index (χ1n) is 7.99. The Hall–Kier alpha value is 0.314. The normalized spacial score (nSPS) is 21.2. The molecule has 0 amide bonds. The maximum atomic E-state index is 5.82. The van der Waals surface area contributed by atoms with Crippen LogP contribution in [0.2, 0.25) is 24.7 Å². The summed E-state index contributed by atoms with van der Waals surface area (Å²) in [5, 5.41) is 0. The van der Waals surface area contributed by atoms with Crippen LogP contribution in [0.4, 0.5) is 0 Å². The van der Waals surface area contributed by atoms with Gasteiger partial charge in [0.1, 0.15) is 8.24 Å². The van der Waals surface area contributed by atoms with Crippen molar-refractivity contribution in [2.75, 3.05) is 26.3 Å². The highest BCUT2D eigenvalue weighted by Crippen LogP contribution is 2.27. The third-order valence-corrected chi connectivity index (χ3v) is 10.6. The standard InChI is InChI=1S/C14H33NO2Si2/c1-6-16-18(17-7-2)14(3)10-8-11-15-12-9-13-19(15,4)5/h14,18H,6-13H2,1-5H3. The molecule has 1 rings (SSSR count). The fourth-order valence-electron chi connectivity index (χ4n) is 3.02. The summed E-state index contributed by atoms with van der Waals surface area (Å²) in [4.78, 5) is 0. The molecule has 5 heteroatoms. The van der Waals surface area contributed by atoms with Crippen LogP contribution in [0.1, 0.15) is 40.0 Å². The first-order chi connectivity index (χ1) is 9.01. The lowest BCUT2D eigenvalue weighted by Gasteiger charge is -2.30. The zero-order valence-electron chi connectivity index (χ0n) is 13.6. The Kier molecular flexibility index (Phi) is 7.83. The minimum Gasteiger partial charge on any atom is -0.397 e. The Morgan fingerprint density at radius 2 is 1.84 bits per heavy atom. The van der Waals surface area contributed by atoms with Crippen LogP contribution in [0, 0.1) is 0 Å². The minimum atomic E-state index is -1.43. The van der Waals surface area contributed by atoms with E-state index in [9.17, 15) is 0 Å². The van der Waals surface area contributed by atoms with Gasteiger partial charge in [0.15, 0.2) is 0 Å². The number of nitrogens with zero attached hydrogens (tertiary/aromatic N) is 1. The lowest BCUT2D eigenvalue weighted by Crippen LogP contribution is -2.43. The average Bonchev–Trinajstić information content (AvgIpc) is 2.68. The molecule has 1 unspecified atom stereocenters. The van der Waals surface area contributed by atoms with Crippen molar-refractivity contribution in [3.63, 3.8) is 0 Å². The van der Waals surface area contributed by atoms with Gasteiger partial charge in [0.2, 0.25) is 0 Å². The van der Waals surface area contributed by atoms with Crippen LogP contribution in [0.25, 0.3) is 0 Å². The maximum absolute atomic E-state index is 5.82. The number of hydrogen-bond donors (Lipinski definition) is 0. The molecule has 0 radical (unpaired) electrons. The van der Waals surface area contributed by atoms with Gasteiger partial charge in [-0.1, -0.05) is 20.0 Å². The van der Waals surface area contributed by atoms with Gasteiger partial charge < -0.3 is 13.4 Å². The van der Waals surface area contributed by atoms with Gasteiger partial charge in [-0.25, -0.2) is 0 Å². The van der Waals surface area contributed by atoms with E-state index in [0.717, 1.165) is 13.2 Å². The molecule has 0 spiro atoms. The van der Waals surface area contributed by atoms with Gasteiger partial charge in [0.05, 0.1) is 0 Å². The summed E-state index contributed by atoms with van der Waals surface area (Å²) >= 11 is 0. The lowest BCUT2D eigenvalue weighted by molar-refractivity contribution is 0.203. The molecular weight excluding hydrogens is 270 g/mol. The van der Waals surface area contributed by atoms with E-state index in [0.29, 0.717) is 5.54 Å². The molecule has 0 aliphatic carbocycles. The second-order valence-corrected chi connectivity index (χ2v) is 13.6. The van der Waals surface area contributed by atoms with Gasteiger partial charge in [-0.05, 0) is 57.8 Å². The molecule has 19 heavy (non-hydrogen) atoms. The summed E-state index contributed by atoms with van der Waals surface area (Å²) in [5.41, 5.74) is 0.632. The molecule has 114 valence electrons. The van der Waals surface area contributed by atoms with Crippen LogP contribution in [-0.4, -0.2) is 48.4 Å². The summed E-state index contributed by atoms with van der Waals surface area (Å²) in [6.45, 7) is 15.7. The third kappa shape index (κ3) is 5.67. The summed E-state index contributed by atoms with van der Waals surface area (Å²) in [6, 6.07) is 1.48. The van der Waals surface area contributed by atoms with Crippen molar-refractivity contribution in [1.29, 1.82) is 0 Å². The van der Waals surface area contributed by atoms with E-state index in [1.807, 2.05) is 0 Å². The highest BCUT2D eigenvalue weighted by atomic mass is 28.3. The van der Waals surface area contributed by atoms with E-state index in [1.54, 1.807) is 0 Å².